The van der Waals surface area contributed by atoms with E-state index in [1.54, 1.807) is 24.3 Å². The van der Waals surface area contributed by atoms with Crippen LogP contribution in [0, 0.1) is 5.82 Å². The predicted octanol–water partition coefficient (Wildman–Crippen LogP) is 5.94. The lowest BCUT2D eigenvalue weighted by Crippen LogP contribution is -2.14. The van der Waals surface area contributed by atoms with E-state index in [-0.39, 0.29) is 23.5 Å². The maximum Gasteiger partial charge on any atom is 0.234 e. The summed E-state index contributed by atoms with van der Waals surface area (Å²) in [7, 11) is 0. The molecule has 1 fully saturated rings. The van der Waals surface area contributed by atoms with Crippen molar-refractivity contribution in [1.82, 2.24) is 14.8 Å². The third-order valence-electron chi connectivity index (χ3n) is 5.12. The zero-order chi connectivity index (χ0) is 22.6. The molecule has 8 heteroatoms. The Morgan fingerprint density at radius 1 is 1.00 bits per heavy atom. The number of hydrogen-bond donors (Lipinski definition) is 1. The van der Waals surface area contributed by atoms with E-state index in [4.69, 9.17) is 4.74 Å². The summed E-state index contributed by atoms with van der Waals surface area (Å²) >= 11 is 1.29. The Morgan fingerprint density at radius 3 is 2.55 bits per heavy atom. The van der Waals surface area contributed by atoms with Gasteiger partial charge in [-0.15, -0.1) is 10.2 Å². The lowest BCUT2D eigenvalue weighted by Gasteiger charge is -2.10. The van der Waals surface area contributed by atoms with E-state index in [9.17, 15) is 9.18 Å². The Bertz CT molecular complexity index is 1270. The zero-order valence-electron chi connectivity index (χ0n) is 17.6. The van der Waals surface area contributed by atoms with Gasteiger partial charge in [0.25, 0.3) is 0 Å². The number of halogens is 1. The van der Waals surface area contributed by atoms with Gasteiger partial charge in [-0.2, -0.15) is 0 Å². The highest BCUT2D eigenvalue weighted by molar-refractivity contribution is 7.99. The van der Waals surface area contributed by atoms with Crippen LogP contribution in [-0.2, 0) is 4.79 Å². The molecule has 1 N–H and O–H groups in total. The highest BCUT2D eigenvalue weighted by Gasteiger charge is 2.31. The highest BCUT2D eigenvalue weighted by Crippen LogP contribution is 2.41. The van der Waals surface area contributed by atoms with E-state index in [0.29, 0.717) is 28.0 Å². The van der Waals surface area contributed by atoms with Crippen LogP contribution in [0.4, 0.5) is 10.1 Å². The Kier molecular flexibility index (Phi) is 6.08. The van der Waals surface area contributed by atoms with Crippen molar-refractivity contribution in [3.05, 3.63) is 84.7 Å². The molecule has 1 aliphatic rings. The van der Waals surface area contributed by atoms with Crippen molar-refractivity contribution in [1.29, 1.82) is 0 Å². The minimum absolute atomic E-state index is 0.159. The van der Waals surface area contributed by atoms with Gasteiger partial charge in [0.15, 0.2) is 11.0 Å². The van der Waals surface area contributed by atoms with Gasteiger partial charge in [-0.05, 0) is 49.2 Å². The Hall–Kier alpha value is -3.65. The summed E-state index contributed by atoms with van der Waals surface area (Å²) in [6.07, 6.45) is 1.99. The maximum absolute atomic E-state index is 14.3. The first kappa shape index (κ1) is 21.2. The van der Waals surface area contributed by atoms with Crippen LogP contribution in [0.1, 0.15) is 18.9 Å². The molecule has 1 amide bonds. The second-order valence-corrected chi connectivity index (χ2v) is 8.61. The second-order valence-electron chi connectivity index (χ2n) is 7.67. The molecule has 0 aliphatic heterocycles. The Morgan fingerprint density at radius 2 is 1.76 bits per heavy atom. The number of amides is 1. The molecule has 4 aromatic rings. The fourth-order valence-electron chi connectivity index (χ4n) is 3.45. The maximum atomic E-state index is 14.3. The number of carbonyl (C=O) groups excluding carboxylic acids is 1. The predicted molar refractivity (Wildman–Crippen MR) is 126 cm³/mol. The lowest BCUT2D eigenvalue weighted by molar-refractivity contribution is -0.113. The Balaban J connectivity index is 1.25. The number of rotatable bonds is 8. The molecular formula is C25H21FN4O2S. The van der Waals surface area contributed by atoms with Crippen molar-refractivity contribution < 1.29 is 13.9 Å². The van der Waals surface area contributed by atoms with Crippen LogP contribution < -0.4 is 10.1 Å². The molecule has 6 nitrogen and oxygen atoms in total. The molecule has 1 saturated carbocycles. The normalized spacial score (nSPS) is 13.0. The monoisotopic (exact) mass is 460 g/mol. The third kappa shape index (κ3) is 5.06. The standard InChI is InChI=1S/C25H21FN4O2S/c26-22-12-5-4-11-21(22)24-28-29-25(30(24)18-13-14-18)33-16-23(31)27-17-7-6-10-20(15-17)32-19-8-2-1-3-9-19/h1-12,15,18H,13-14,16H2,(H,27,31). The smallest absolute Gasteiger partial charge is 0.234 e. The van der Waals surface area contributed by atoms with E-state index in [2.05, 4.69) is 15.5 Å². The molecular weight excluding hydrogens is 439 g/mol. The van der Waals surface area contributed by atoms with E-state index >= 15 is 0 Å². The fraction of sp³-hybridized carbons (Fsp3) is 0.160. The first-order chi connectivity index (χ1) is 16.2. The van der Waals surface area contributed by atoms with Crippen LogP contribution in [0.5, 0.6) is 11.5 Å². The van der Waals surface area contributed by atoms with Gasteiger partial charge in [-0.1, -0.05) is 48.2 Å². The number of nitrogens with one attached hydrogen (secondary N) is 1. The Labute approximate surface area is 194 Å². The van der Waals surface area contributed by atoms with Crippen LogP contribution in [0.25, 0.3) is 11.4 Å². The average Bonchev–Trinajstić information content (AvgIpc) is 3.58. The van der Waals surface area contributed by atoms with Gasteiger partial charge >= 0.3 is 0 Å². The minimum atomic E-state index is -0.335. The fourth-order valence-corrected chi connectivity index (χ4v) is 4.26. The van der Waals surface area contributed by atoms with Crippen molar-refractivity contribution in [2.45, 2.75) is 24.0 Å². The van der Waals surface area contributed by atoms with E-state index in [0.717, 1.165) is 18.6 Å². The largest absolute Gasteiger partial charge is 0.457 e. The highest BCUT2D eigenvalue weighted by atomic mass is 32.2. The summed E-state index contributed by atoms with van der Waals surface area (Å²) in [4.78, 5) is 12.6. The molecule has 0 saturated heterocycles. The van der Waals surface area contributed by atoms with Crippen molar-refractivity contribution in [2.75, 3.05) is 11.1 Å². The topological polar surface area (TPSA) is 69.0 Å². The minimum Gasteiger partial charge on any atom is -0.457 e. The SMILES string of the molecule is O=C(CSc1nnc(-c2ccccc2F)n1C1CC1)Nc1cccc(Oc2ccccc2)c1. The molecule has 1 heterocycles. The number of thioether (sulfide) groups is 1. The van der Waals surface area contributed by atoms with Gasteiger partial charge in [0, 0.05) is 17.8 Å². The van der Waals surface area contributed by atoms with Crippen molar-refractivity contribution >= 4 is 23.4 Å². The van der Waals surface area contributed by atoms with E-state index in [1.165, 1.54) is 17.8 Å². The van der Waals surface area contributed by atoms with Crippen LogP contribution in [0.2, 0.25) is 0 Å². The van der Waals surface area contributed by atoms with Gasteiger partial charge < -0.3 is 10.1 Å². The van der Waals surface area contributed by atoms with Gasteiger partial charge in [0.2, 0.25) is 5.91 Å². The number of nitrogens with zero attached hydrogens (tertiary/aromatic N) is 3. The molecule has 5 rings (SSSR count). The number of carbonyl (C=O) groups is 1. The molecule has 166 valence electrons. The van der Waals surface area contributed by atoms with Crippen LogP contribution >= 0.6 is 11.8 Å². The molecule has 0 spiro atoms. The molecule has 0 atom stereocenters. The molecule has 3 aromatic carbocycles. The van der Waals surface area contributed by atoms with E-state index in [1.807, 2.05) is 53.1 Å². The lowest BCUT2D eigenvalue weighted by atomic mass is 10.2. The van der Waals surface area contributed by atoms with Crippen molar-refractivity contribution in [3.8, 4) is 22.9 Å². The van der Waals surface area contributed by atoms with Crippen LogP contribution in [0.3, 0.4) is 0 Å². The van der Waals surface area contributed by atoms with E-state index < -0.39 is 0 Å². The van der Waals surface area contributed by atoms with Gasteiger partial charge in [0.05, 0.1) is 11.3 Å². The van der Waals surface area contributed by atoms with Crippen molar-refractivity contribution in [2.24, 2.45) is 0 Å². The number of benzene rings is 3. The number of hydrogen-bond acceptors (Lipinski definition) is 5. The number of anilines is 1. The summed E-state index contributed by atoms with van der Waals surface area (Å²) < 4.78 is 22.1. The average molecular weight is 461 g/mol. The summed E-state index contributed by atoms with van der Waals surface area (Å²) in [6, 6.07) is 23.5. The van der Waals surface area contributed by atoms with Gasteiger partial charge in [-0.25, -0.2) is 4.39 Å². The third-order valence-corrected chi connectivity index (χ3v) is 6.06. The summed E-state index contributed by atoms with van der Waals surface area (Å²) in [5, 5.41) is 12.0. The molecule has 1 aliphatic carbocycles. The van der Waals surface area contributed by atoms with Crippen molar-refractivity contribution in [3.63, 3.8) is 0 Å². The summed E-state index contributed by atoms with van der Waals surface area (Å²) in [5.74, 6) is 1.51. The number of aromatic nitrogens is 3. The zero-order valence-corrected chi connectivity index (χ0v) is 18.5. The molecule has 0 radical (unpaired) electrons. The summed E-state index contributed by atoms with van der Waals surface area (Å²) in [5.41, 5.74) is 1.06. The molecule has 33 heavy (non-hydrogen) atoms. The number of ether oxygens (including phenoxy) is 1. The molecule has 1 aromatic heterocycles. The number of para-hydroxylation sites is 1. The summed E-state index contributed by atoms with van der Waals surface area (Å²) in [6.45, 7) is 0. The van der Waals surface area contributed by atoms with Gasteiger partial charge in [0.1, 0.15) is 17.3 Å². The molecule has 0 bridgehead atoms. The quantitative estimate of drug-likeness (QED) is 0.330. The van der Waals surface area contributed by atoms with Crippen LogP contribution in [0.15, 0.2) is 84.0 Å². The van der Waals surface area contributed by atoms with Gasteiger partial charge in [-0.3, -0.25) is 9.36 Å². The first-order valence-corrected chi connectivity index (χ1v) is 11.6. The van der Waals surface area contributed by atoms with Crippen LogP contribution in [-0.4, -0.2) is 26.4 Å². The first-order valence-electron chi connectivity index (χ1n) is 10.6. The molecule has 0 unspecified atom stereocenters. The second kappa shape index (κ2) is 9.46.